The number of carbonyl (C=O) groups excluding carboxylic acids is 2. The molecular formula is C22H25N5O2S3. The summed E-state index contributed by atoms with van der Waals surface area (Å²) >= 11 is 4.57. The van der Waals surface area contributed by atoms with E-state index >= 15 is 0 Å². The molecule has 2 aromatic heterocycles. The molecule has 168 valence electrons. The number of nitrogens with zero attached hydrogens (tertiary/aromatic N) is 5. The minimum Gasteiger partial charge on any atom is -0.341 e. The minimum absolute atomic E-state index is 0.0884. The summed E-state index contributed by atoms with van der Waals surface area (Å²) in [6.07, 6.45) is 4.57. The molecule has 1 saturated heterocycles. The normalized spacial score (nSPS) is 18.8. The maximum Gasteiger partial charge on any atom is 0.233 e. The maximum atomic E-state index is 12.9. The van der Waals surface area contributed by atoms with Gasteiger partial charge in [-0.15, -0.1) is 21.5 Å². The van der Waals surface area contributed by atoms with E-state index in [-0.39, 0.29) is 17.9 Å². The van der Waals surface area contributed by atoms with Crippen LogP contribution in [0.1, 0.15) is 50.0 Å². The molecule has 1 atom stereocenters. The average molecular weight is 488 g/mol. The van der Waals surface area contributed by atoms with E-state index in [1.807, 2.05) is 30.0 Å². The molecule has 3 heterocycles. The SMILES string of the molecule is CCC(=O)N(c1nnc(SCC(=O)N2CCC[C@@H](c3nc4ccccc4s3)C2)s1)C1CC1. The molecule has 0 N–H and O–H groups in total. The first kappa shape index (κ1) is 21.8. The van der Waals surface area contributed by atoms with Crippen molar-refractivity contribution in [3.05, 3.63) is 29.3 Å². The summed E-state index contributed by atoms with van der Waals surface area (Å²) in [7, 11) is 0. The van der Waals surface area contributed by atoms with Crippen molar-refractivity contribution >= 4 is 61.6 Å². The van der Waals surface area contributed by atoms with Crippen molar-refractivity contribution in [3.8, 4) is 0 Å². The fraction of sp³-hybridized carbons (Fsp3) is 0.500. The number of fused-ring (bicyclic) bond motifs is 1. The van der Waals surface area contributed by atoms with Crippen molar-refractivity contribution in [1.82, 2.24) is 20.1 Å². The molecule has 0 unspecified atom stereocenters. The van der Waals surface area contributed by atoms with Gasteiger partial charge in [-0.05, 0) is 37.8 Å². The Morgan fingerprint density at radius 3 is 2.81 bits per heavy atom. The molecule has 7 nitrogen and oxygen atoms in total. The zero-order chi connectivity index (χ0) is 22.1. The summed E-state index contributed by atoms with van der Waals surface area (Å²) in [5, 5.41) is 10.2. The van der Waals surface area contributed by atoms with Gasteiger partial charge in [-0.2, -0.15) is 0 Å². The lowest BCUT2D eigenvalue weighted by molar-refractivity contribution is -0.129. The number of anilines is 1. The Morgan fingerprint density at radius 2 is 2.03 bits per heavy atom. The lowest BCUT2D eigenvalue weighted by Gasteiger charge is -2.31. The number of piperidine rings is 1. The Bertz CT molecular complexity index is 1090. The Morgan fingerprint density at radius 1 is 1.19 bits per heavy atom. The molecular weight excluding hydrogens is 462 g/mol. The minimum atomic E-state index is 0.0884. The third kappa shape index (κ3) is 4.67. The highest BCUT2D eigenvalue weighted by Crippen LogP contribution is 2.37. The highest BCUT2D eigenvalue weighted by atomic mass is 32.2. The predicted molar refractivity (Wildman–Crippen MR) is 130 cm³/mol. The second kappa shape index (κ2) is 9.44. The number of likely N-dealkylation sites (tertiary alicyclic amines) is 1. The van der Waals surface area contributed by atoms with Crippen molar-refractivity contribution in [2.75, 3.05) is 23.7 Å². The van der Waals surface area contributed by atoms with Crippen LogP contribution in [0.5, 0.6) is 0 Å². The van der Waals surface area contributed by atoms with Crippen molar-refractivity contribution in [1.29, 1.82) is 0 Å². The molecule has 1 aliphatic heterocycles. The number of carbonyl (C=O) groups is 2. The van der Waals surface area contributed by atoms with E-state index in [4.69, 9.17) is 4.98 Å². The second-order valence-corrected chi connectivity index (χ2v) is 11.4. The van der Waals surface area contributed by atoms with E-state index < -0.39 is 0 Å². The number of thioether (sulfide) groups is 1. The molecule has 1 aromatic carbocycles. The monoisotopic (exact) mass is 487 g/mol. The van der Waals surface area contributed by atoms with Crippen LogP contribution in [0.2, 0.25) is 0 Å². The Hall–Kier alpha value is -2.04. The van der Waals surface area contributed by atoms with E-state index in [1.54, 1.807) is 16.2 Å². The van der Waals surface area contributed by atoms with Crippen LogP contribution in [-0.2, 0) is 9.59 Å². The summed E-state index contributed by atoms with van der Waals surface area (Å²) in [6, 6.07) is 8.47. The summed E-state index contributed by atoms with van der Waals surface area (Å²) in [4.78, 5) is 33.8. The average Bonchev–Trinajstić information content (AvgIpc) is 3.38. The fourth-order valence-electron chi connectivity index (χ4n) is 4.01. The Kier molecular flexibility index (Phi) is 6.43. The molecule has 3 aromatic rings. The van der Waals surface area contributed by atoms with Crippen LogP contribution in [0, 0.1) is 0 Å². The predicted octanol–water partition coefficient (Wildman–Crippen LogP) is 4.55. The largest absolute Gasteiger partial charge is 0.341 e. The standard InChI is InChI=1S/C22H25N5O2S3/c1-2-18(28)27(15-9-10-15)21-24-25-22(32-21)30-13-19(29)26-11-5-6-14(12-26)20-23-16-7-3-4-8-17(16)31-20/h3-4,7-8,14-15H,2,5-6,9-13H2,1H3/t14-/m1/s1. The number of aromatic nitrogens is 3. The van der Waals surface area contributed by atoms with Crippen molar-refractivity contribution in [2.24, 2.45) is 0 Å². The van der Waals surface area contributed by atoms with E-state index in [2.05, 4.69) is 16.3 Å². The first-order valence-electron chi connectivity index (χ1n) is 11.0. The fourth-order valence-corrected chi connectivity index (χ4v) is 6.94. The summed E-state index contributed by atoms with van der Waals surface area (Å²) in [5.41, 5.74) is 1.04. The summed E-state index contributed by atoms with van der Waals surface area (Å²) in [5.74, 6) is 0.855. The smallest absolute Gasteiger partial charge is 0.233 e. The highest BCUT2D eigenvalue weighted by molar-refractivity contribution is 8.01. The summed E-state index contributed by atoms with van der Waals surface area (Å²) in [6.45, 7) is 3.39. The summed E-state index contributed by atoms with van der Waals surface area (Å²) < 4.78 is 1.94. The zero-order valence-electron chi connectivity index (χ0n) is 17.9. The van der Waals surface area contributed by atoms with Gasteiger partial charge in [0.1, 0.15) is 0 Å². The number of rotatable bonds is 7. The van der Waals surface area contributed by atoms with Crippen molar-refractivity contribution in [3.63, 3.8) is 0 Å². The first-order valence-corrected chi connectivity index (χ1v) is 13.7. The number of thiazole rings is 1. The second-order valence-electron chi connectivity index (χ2n) is 8.19. The topological polar surface area (TPSA) is 79.3 Å². The highest BCUT2D eigenvalue weighted by Gasteiger charge is 2.35. The molecule has 0 bridgehead atoms. The quantitative estimate of drug-likeness (QED) is 0.359. The molecule has 1 aliphatic carbocycles. The van der Waals surface area contributed by atoms with Crippen molar-refractivity contribution in [2.45, 2.75) is 55.3 Å². The molecule has 0 spiro atoms. The zero-order valence-corrected chi connectivity index (χ0v) is 20.3. The maximum absolute atomic E-state index is 12.9. The Labute approximate surface area is 199 Å². The van der Waals surface area contributed by atoms with Gasteiger partial charge >= 0.3 is 0 Å². The number of amides is 2. The van der Waals surface area contributed by atoms with Crippen LogP contribution in [0.25, 0.3) is 10.2 Å². The van der Waals surface area contributed by atoms with Gasteiger partial charge in [-0.3, -0.25) is 14.5 Å². The van der Waals surface area contributed by atoms with Crippen LogP contribution < -0.4 is 4.90 Å². The number of benzene rings is 1. The van der Waals surface area contributed by atoms with Gasteiger partial charge in [-0.25, -0.2) is 4.98 Å². The van der Waals surface area contributed by atoms with Gasteiger partial charge in [0.15, 0.2) is 4.34 Å². The van der Waals surface area contributed by atoms with E-state index in [0.29, 0.717) is 23.2 Å². The number of para-hydroxylation sites is 1. The van der Waals surface area contributed by atoms with Crippen molar-refractivity contribution < 1.29 is 9.59 Å². The van der Waals surface area contributed by atoms with Gasteiger partial charge in [-0.1, -0.05) is 42.2 Å². The van der Waals surface area contributed by atoms with Crippen LogP contribution in [0.15, 0.2) is 28.6 Å². The molecule has 2 amide bonds. The molecule has 2 fully saturated rings. The van der Waals surface area contributed by atoms with Crippen LogP contribution >= 0.6 is 34.4 Å². The van der Waals surface area contributed by atoms with Gasteiger partial charge < -0.3 is 4.90 Å². The molecule has 2 aliphatic rings. The van der Waals surface area contributed by atoms with Gasteiger partial charge in [0.05, 0.1) is 21.0 Å². The number of hydrogen-bond donors (Lipinski definition) is 0. The third-order valence-corrected chi connectivity index (χ3v) is 9.08. The van der Waals surface area contributed by atoms with E-state index in [1.165, 1.54) is 27.8 Å². The lowest BCUT2D eigenvalue weighted by atomic mass is 9.99. The molecule has 32 heavy (non-hydrogen) atoms. The van der Waals surface area contributed by atoms with Gasteiger partial charge in [0.25, 0.3) is 0 Å². The molecule has 1 saturated carbocycles. The Balaban J connectivity index is 1.19. The molecule has 0 radical (unpaired) electrons. The third-order valence-electron chi connectivity index (χ3n) is 5.84. The van der Waals surface area contributed by atoms with E-state index in [9.17, 15) is 9.59 Å². The number of hydrogen-bond acceptors (Lipinski definition) is 8. The molecule has 10 heteroatoms. The molecule has 5 rings (SSSR count). The lowest BCUT2D eigenvalue weighted by Crippen LogP contribution is -2.40. The van der Waals surface area contributed by atoms with Gasteiger partial charge in [0.2, 0.25) is 16.9 Å². The van der Waals surface area contributed by atoms with E-state index in [0.717, 1.165) is 53.6 Å². The van der Waals surface area contributed by atoms with Crippen LogP contribution in [-0.4, -0.2) is 56.8 Å². The van der Waals surface area contributed by atoms with Crippen LogP contribution in [0.3, 0.4) is 0 Å². The van der Waals surface area contributed by atoms with Gasteiger partial charge in [0, 0.05) is 31.5 Å². The van der Waals surface area contributed by atoms with Crippen LogP contribution in [0.4, 0.5) is 5.13 Å². The first-order chi connectivity index (χ1) is 15.6.